The number of hydrogen-bond acceptors (Lipinski definition) is 2. The fourth-order valence-electron chi connectivity index (χ4n) is 0.772. The van der Waals surface area contributed by atoms with Gasteiger partial charge < -0.3 is 0 Å². The van der Waals surface area contributed by atoms with Gasteiger partial charge in [-0.1, -0.05) is 11.6 Å². The molecule has 0 bridgehead atoms. The summed E-state index contributed by atoms with van der Waals surface area (Å²) in [5, 5.41) is 2.20. The Balaban J connectivity index is 2.89. The molecule has 0 saturated heterocycles. The van der Waals surface area contributed by atoms with Gasteiger partial charge in [0.1, 0.15) is 22.8 Å². The van der Waals surface area contributed by atoms with Crippen LogP contribution >= 0.6 is 23.4 Å². The normalized spacial score (nSPS) is 12.5. The first-order valence-electron chi connectivity index (χ1n) is 3.47. The maximum atomic E-state index is 12.0. The number of nitrogens with zero attached hydrogens (tertiary/aromatic N) is 2. The minimum atomic E-state index is -4.60. The number of alkyl halides is 5. The predicted octanol–water partition coefficient (Wildman–Crippen LogP) is 3.21. The molecule has 15 heavy (non-hydrogen) atoms. The summed E-state index contributed by atoms with van der Waals surface area (Å²) in [5.74, 6) is 0. The van der Waals surface area contributed by atoms with Crippen LogP contribution in [0, 0.1) is 6.20 Å². The fourth-order valence-corrected chi connectivity index (χ4v) is 1.60. The van der Waals surface area contributed by atoms with E-state index in [2.05, 4.69) is 5.10 Å². The molecule has 0 spiro atoms. The highest BCUT2D eigenvalue weighted by Gasteiger charge is 2.33. The Kier molecular flexibility index (Phi) is 3.82. The molecule has 0 aliphatic carbocycles. The number of halogens is 6. The lowest BCUT2D eigenvalue weighted by molar-refractivity contribution is -0.0332. The lowest BCUT2D eigenvalue weighted by Crippen LogP contribution is -2.11. The van der Waals surface area contributed by atoms with Crippen molar-refractivity contribution >= 4 is 23.4 Å². The van der Waals surface area contributed by atoms with E-state index in [-0.39, 0.29) is 0 Å². The van der Waals surface area contributed by atoms with Crippen LogP contribution < -0.4 is 0 Å². The van der Waals surface area contributed by atoms with Gasteiger partial charge in [-0.25, -0.2) is 8.78 Å². The Labute approximate surface area is 90.4 Å². The maximum Gasteiger partial charge on any atom is 0.447 e. The average Bonchev–Trinajstić information content (AvgIpc) is 2.32. The van der Waals surface area contributed by atoms with E-state index in [1.54, 1.807) is 0 Å². The van der Waals surface area contributed by atoms with E-state index in [9.17, 15) is 22.0 Å². The molecule has 0 aromatic carbocycles. The van der Waals surface area contributed by atoms with Crippen LogP contribution in [0.3, 0.4) is 0 Å². The van der Waals surface area contributed by atoms with Gasteiger partial charge in [-0.2, -0.15) is 18.3 Å². The smallest absolute Gasteiger partial charge is 0.251 e. The molecule has 1 rings (SSSR count). The van der Waals surface area contributed by atoms with Gasteiger partial charge in [0.25, 0.3) is 6.43 Å². The standard InChI is InChI=1S/C6H3ClF5N2S/c7-3-1-13-14(2-4(8)9)5(3)15-6(10,11)12/h4H,2H2. The van der Waals surface area contributed by atoms with Gasteiger partial charge >= 0.3 is 5.51 Å². The number of aromatic nitrogens is 2. The summed E-state index contributed by atoms with van der Waals surface area (Å²) in [6, 6.07) is 0. The SMILES string of the molecule is FC(F)Cn1n[c]c(Cl)c1SC(F)(F)F. The predicted molar refractivity (Wildman–Crippen MR) is 44.0 cm³/mol. The molecule has 85 valence electrons. The van der Waals surface area contributed by atoms with Crippen LogP contribution in [0.25, 0.3) is 0 Å². The first-order chi connectivity index (χ1) is 6.79. The summed E-state index contributed by atoms with van der Waals surface area (Å²) in [5.41, 5.74) is -4.60. The summed E-state index contributed by atoms with van der Waals surface area (Å²) in [7, 11) is 0. The lowest BCUT2D eigenvalue weighted by atomic mass is 10.6. The van der Waals surface area contributed by atoms with E-state index in [1.807, 2.05) is 6.20 Å². The van der Waals surface area contributed by atoms with Gasteiger partial charge in [0.2, 0.25) is 0 Å². The quantitative estimate of drug-likeness (QED) is 0.617. The van der Waals surface area contributed by atoms with Gasteiger partial charge in [0.15, 0.2) is 0 Å². The highest BCUT2D eigenvalue weighted by molar-refractivity contribution is 8.00. The van der Waals surface area contributed by atoms with E-state index in [1.165, 1.54) is 0 Å². The van der Waals surface area contributed by atoms with Crippen LogP contribution in [0.2, 0.25) is 5.02 Å². The molecule has 1 radical (unpaired) electrons. The Bertz CT molecular complexity index is 337. The molecular weight excluding hydrogens is 263 g/mol. The zero-order valence-corrected chi connectivity index (χ0v) is 8.43. The molecule has 0 N–H and O–H groups in total. The van der Waals surface area contributed by atoms with Crippen LogP contribution in [0.4, 0.5) is 22.0 Å². The molecule has 2 nitrogen and oxygen atoms in total. The van der Waals surface area contributed by atoms with Gasteiger partial charge in [0, 0.05) is 11.8 Å². The van der Waals surface area contributed by atoms with E-state index >= 15 is 0 Å². The molecule has 0 saturated carbocycles. The van der Waals surface area contributed by atoms with Gasteiger partial charge in [-0.3, -0.25) is 4.68 Å². The second-order valence-electron chi connectivity index (χ2n) is 2.35. The molecule has 0 aliphatic heterocycles. The summed E-state index contributed by atoms with van der Waals surface area (Å²) >= 11 is 4.74. The summed E-state index contributed by atoms with van der Waals surface area (Å²) in [6.07, 6.45) is -0.814. The van der Waals surface area contributed by atoms with Crippen molar-refractivity contribution < 1.29 is 22.0 Å². The third kappa shape index (κ3) is 3.86. The average molecular weight is 266 g/mol. The second kappa shape index (κ2) is 4.56. The topological polar surface area (TPSA) is 17.8 Å². The Morgan fingerprint density at radius 2 is 2.07 bits per heavy atom. The van der Waals surface area contributed by atoms with Crippen LogP contribution in [0.15, 0.2) is 5.03 Å². The first kappa shape index (κ1) is 12.6. The number of thioether (sulfide) groups is 1. The summed E-state index contributed by atoms with van der Waals surface area (Å²) < 4.78 is 60.3. The molecule has 1 aromatic heterocycles. The van der Waals surface area contributed by atoms with E-state index < -0.39 is 40.3 Å². The number of hydrogen-bond donors (Lipinski definition) is 0. The second-order valence-corrected chi connectivity index (χ2v) is 3.78. The molecule has 0 fully saturated rings. The highest BCUT2D eigenvalue weighted by atomic mass is 35.5. The van der Waals surface area contributed by atoms with Gasteiger partial charge in [0.05, 0.1) is 0 Å². The van der Waals surface area contributed by atoms with Crippen molar-refractivity contribution in [1.82, 2.24) is 9.78 Å². The zero-order chi connectivity index (χ0) is 11.6. The lowest BCUT2D eigenvalue weighted by Gasteiger charge is -2.08. The maximum absolute atomic E-state index is 12.0. The molecule has 0 amide bonds. The van der Waals surface area contributed by atoms with Crippen molar-refractivity contribution in [3.63, 3.8) is 0 Å². The fraction of sp³-hybridized carbons (Fsp3) is 0.500. The Hall–Kier alpha value is -0.500. The van der Waals surface area contributed by atoms with Crippen molar-refractivity contribution in [2.24, 2.45) is 0 Å². The van der Waals surface area contributed by atoms with E-state index in [4.69, 9.17) is 11.6 Å². The van der Waals surface area contributed by atoms with Crippen LogP contribution in [0.5, 0.6) is 0 Å². The van der Waals surface area contributed by atoms with Gasteiger partial charge in [-0.05, 0) is 0 Å². The van der Waals surface area contributed by atoms with Crippen LogP contribution in [-0.2, 0) is 6.54 Å². The van der Waals surface area contributed by atoms with E-state index in [0.717, 1.165) is 0 Å². The molecule has 1 heterocycles. The largest absolute Gasteiger partial charge is 0.447 e. The summed E-state index contributed by atoms with van der Waals surface area (Å²) in [4.78, 5) is 0. The monoisotopic (exact) mass is 265 g/mol. The Morgan fingerprint density at radius 1 is 1.47 bits per heavy atom. The van der Waals surface area contributed by atoms with Crippen molar-refractivity contribution in [3.05, 3.63) is 11.2 Å². The highest BCUT2D eigenvalue weighted by Crippen LogP contribution is 2.40. The minimum absolute atomic E-state index is 0.419. The molecule has 0 unspecified atom stereocenters. The molecular formula is C6H3ClF5N2S. The third-order valence-electron chi connectivity index (χ3n) is 1.21. The van der Waals surface area contributed by atoms with Crippen molar-refractivity contribution in [2.75, 3.05) is 0 Å². The van der Waals surface area contributed by atoms with Crippen molar-refractivity contribution in [1.29, 1.82) is 0 Å². The minimum Gasteiger partial charge on any atom is -0.251 e. The number of rotatable bonds is 3. The third-order valence-corrected chi connectivity index (χ3v) is 2.43. The van der Waals surface area contributed by atoms with E-state index in [0.29, 0.717) is 4.68 Å². The van der Waals surface area contributed by atoms with Crippen LogP contribution in [0.1, 0.15) is 0 Å². The van der Waals surface area contributed by atoms with Gasteiger partial charge in [-0.15, -0.1) is 0 Å². The Morgan fingerprint density at radius 3 is 2.53 bits per heavy atom. The molecule has 9 heteroatoms. The van der Waals surface area contributed by atoms with Crippen molar-refractivity contribution in [2.45, 2.75) is 23.5 Å². The summed E-state index contributed by atoms with van der Waals surface area (Å²) in [6.45, 7) is -0.943. The molecule has 1 aromatic rings. The molecule has 0 atom stereocenters. The van der Waals surface area contributed by atoms with Crippen LogP contribution in [-0.4, -0.2) is 21.7 Å². The molecule has 0 aliphatic rings. The first-order valence-corrected chi connectivity index (χ1v) is 4.67. The van der Waals surface area contributed by atoms with Crippen molar-refractivity contribution in [3.8, 4) is 0 Å². The zero-order valence-electron chi connectivity index (χ0n) is 6.85.